The van der Waals surface area contributed by atoms with Gasteiger partial charge in [0.15, 0.2) is 0 Å². The predicted molar refractivity (Wildman–Crippen MR) is 103 cm³/mol. The maximum atomic E-state index is 12.8. The van der Waals surface area contributed by atoms with E-state index in [4.69, 9.17) is 4.74 Å². The highest BCUT2D eigenvalue weighted by Crippen LogP contribution is 2.23. The summed E-state index contributed by atoms with van der Waals surface area (Å²) in [6, 6.07) is 6.09. The van der Waals surface area contributed by atoms with Crippen LogP contribution in [0.3, 0.4) is 0 Å². The van der Waals surface area contributed by atoms with Crippen molar-refractivity contribution in [1.29, 1.82) is 0 Å². The zero-order valence-corrected chi connectivity index (χ0v) is 17.3. The van der Waals surface area contributed by atoms with Crippen LogP contribution in [0.5, 0.6) is 0 Å². The second-order valence-corrected chi connectivity index (χ2v) is 9.90. The summed E-state index contributed by atoms with van der Waals surface area (Å²) in [5.74, 6) is -0.243. The predicted octanol–water partition coefficient (Wildman–Crippen LogP) is 1.82. The molecule has 8 nitrogen and oxygen atoms in total. The van der Waals surface area contributed by atoms with E-state index in [9.17, 15) is 18.0 Å². The smallest absolute Gasteiger partial charge is 0.410 e. The molecule has 1 aromatic rings. The first-order valence-corrected chi connectivity index (χ1v) is 10.9. The van der Waals surface area contributed by atoms with Crippen molar-refractivity contribution in [3.8, 4) is 0 Å². The molecule has 3 rings (SSSR count). The van der Waals surface area contributed by atoms with Crippen LogP contribution in [-0.4, -0.2) is 68.0 Å². The molecule has 1 heterocycles. The van der Waals surface area contributed by atoms with Gasteiger partial charge >= 0.3 is 6.09 Å². The molecule has 1 aliphatic heterocycles. The zero-order valence-electron chi connectivity index (χ0n) is 16.5. The lowest BCUT2D eigenvalue weighted by atomic mass is 10.2. The molecule has 0 unspecified atom stereocenters. The molecular weight excluding hydrogens is 382 g/mol. The SMILES string of the molecule is CC(C)(C)OC(=O)N1CCN(C(=O)c2cccc(S(=O)(=O)NC3CC3)c2)CC1. The Bertz CT molecular complexity index is 851. The molecular formula is C19H27N3O5S. The van der Waals surface area contributed by atoms with Crippen LogP contribution in [-0.2, 0) is 14.8 Å². The molecule has 0 bridgehead atoms. The highest BCUT2D eigenvalue weighted by molar-refractivity contribution is 7.89. The van der Waals surface area contributed by atoms with Crippen molar-refractivity contribution in [1.82, 2.24) is 14.5 Å². The molecule has 1 saturated heterocycles. The van der Waals surface area contributed by atoms with Crippen LogP contribution in [0.2, 0.25) is 0 Å². The average Bonchev–Trinajstić information content (AvgIpc) is 3.43. The van der Waals surface area contributed by atoms with Crippen LogP contribution in [0.25, 0.3) is 0 Å². The third-order valence-electron chi connectivity index (χ3n) is 4.51. The van der Waals surface area contributed by atoms with Crippen LogP contribution < -0.4 is 4.72 Å². The average molecular weight is 410 g/mol. The lowest BCUT2D eigenvalue weighted by molar-refractivity contribution is 0.0141. The van der Waals surface area contributed by atoms with Crippen molar-refractivity contribution in [2.75, 3.05) is 26.2 Å². The van der Waals surface area contributed by atoms with Gasteiger partial charge in [0.25, 0.3) is 5.91 Å². The number of benzene rings is 1. The second kappa shape index (κ2) is 7.71. The van der Waals surface area contributed by atoms with E-state index < -0.39 is 15.6 Å². The minimum absolute atomic E-state index is 0.00490. The van der Waals surface area contributed by atoms with Crippen molar-refractivity contribution in [2.45, 2.75) is 50.2 Å². The molecule has 0 atom stereocenters. The van der Waals surface area contributed by atoms with Gasteiger partial charge in [0.05, 0.1) is 4.90 Å². The molecule has 154 valence electrons. The Morgan fingerprint density at radius 1 is 1.07 bits per heavy atom. The molecule has 2 amide bonds. The highest BCUT2D eigenvalue weighted by atomic mass is 32.2. The summed E-state index contributed by atoms with van der Waals surface area (Å²) in [6.07, 6.45) is 1.30. The summed E-state index contributed by atoms with van der Waals surface area (Å²) in [5.41, 5.74) is -0.242. The maximum absolute atomic E-state index is 12.8. The van der Waals surface area contributed by atoms with Crippen LogP contribution in [0.15, 0.2) is 29.2 Å². The first-order chi connectivity index (χ1) is 13.0. The van der Waals surface area contributed by atoms with Crippen molar-refractivity contribution < 1.29 is 22.7 Å². The first kappa shape index (κ1) is 20.6. The number of nitrogens with zero attached hydrogens (tertiary/aromatic N) is 2. The Labute approximate surface area is 165 Å². The van der Waals surface area contributed by atoms with Crippen molar-refractivity contribution in [3.05, 3.63) is 29.8 Å². The van der Waals surface area contributed by atoms with Crippen LogP contribution >= 0.6 is 0 Å². The number of ether oxygens (including phenoxy) is 1. The molecule has 2 fully saturated rings. The number of carbonyl (C=O) groups excluding carboxylic acids is 2. The van der Waals surface area contributed by atoms with Gasteiger partial charge in [-0.2, -0.15) is 0 Å². The molecule has 0 radical (unpaired) electrons. The van der Waals surface area contributed by atoms with E-state index in [0.29, 0.717) is 31.7 Å². The van der Waals surface area contributed by atoms with Crippen molar-refractivity contribution in [3.63, 3.8) is 0 Å². The largest absolute Gasteiger partial charge is 0.444 e. The fraction of sp³-hybridized carbons (Fsp3) is 0.579. The van der Waals surface area contributed by atoms with Gasteiger partial charge in [0, 0.05) is 37.8 Å². The third kappa shape index (κ3) is 5.23. The van der Waals surface area contributed by atoms with Gasteiger partial charge in [-0.1, -0.05) is 6.07 Å². The van der Waals surface area contributed by atoms with E-state index in [1.165, 1.54) is 12.1 Å². The summed E-state index contributed by atoms with van der Waals surface area (Å²) in [7, 11) is -3.61. The lowest BCUT2D eigenvalue weighted by Gasteiger charge is -2.35. The molecule has 1 saturated carbocycles. The fourth-order valence-electron chi connectivity index (χ4n) is 2.89. The van der Waals surface area contributed by atoms with Gasteiger partial charge in [-0.05, 0) is 51.8 Å². The van der Waals surface area contributed by atoms with E-state index in [2.05, 4.69) is 4.72 Å². The Morgan fingerprint density at radius 2 is 1.68 bits per heavy atom. The molecule has 0 spiro atoms. The van der Waals surface area contributed by atoms with Crippen LogP contribution in [0, 0.1) is 0 Å². The van der Waals surface area contributed by atoms with E-state index >= 15 is 0 Å². The van der Waals surface area contributed by atoms with Crippen molar-refractivity contribution >= 4 is 22.0 Å². The lowest BCUT2D eigenvalue weighted by Crippen LogP contribution is -2.51. The van der Waals surface area contributed by atoms with Crippen molar-refractivity contribution in [2.24, 2.45) is 0 Å². The number of nitrogens with one attached hydrogen (secondary N) is 1. The Balaban J connectivity index is 1.62. The molecule has 28 heavy (non-hydrogen) atoms. The molecule has 0 aromatic heterocycles. The number of amides is 2. The van der Waals surface area contributed by atoms with Gasteiger partial charge < -0.3 is 14.5 Å². The minimum Gasteiger partial charge on any atom is -0.444 e. The number of piperazine rings is 1. The quantitative estimate of drug-likeness (QED) is 0.818. The molecule has 1 aromatic carbocycles. The molecule has 9 heteroatoms. The summed E-state index contributed by atoms with van der Waals surface area (Å²) < 4.78 is 32.7. The summed E-state index contributed by atoms with van der Waals surface area (Å²) in [5, 5.41) is 0. The molecule has 2 aliphatic rings. The number of carbonyl (C=O) groups is 2. The molecule has 1 aliphatic carbocycles. The van der Waals surface area contributed by atoms with E-state index in [1.54, 1.807) is 21.9 Å². The summed E-state index contributed by atoms with van der Waals surface area (Å²) in [6.45, 7) is 6.92. The standard InChI is InChI=1S/C19H27N3O5S/c1-19(2,3)27-18(24)22-11-9-21(10-12-22)17(23)14-5-4-6-16(13-14)28(25,26)20-15-7-8-15/h4-6,13,15,20H,7-12H2,1-3H3. The second-order valence-electron chi connectivity index (χ2n) is 8.18. The Hall–Kier alpha value is -2.13. The number of hydrogen-bond acceptors (Lipinski definition) is 5. The fourth-order valence-corrected chi connectivity index (χ4v) is 4.24. The van der Waals surface area contributed by atoms with Crippen LogP contribution in [0.1, 0.15) is 44.0 Å². The van der Waals surface area contributed by atoms with Crippen LogP contribution in [0.4, 0.5) is 4.79 Å². The number of hydrogen-bond donors (Lipinski definition) is 1. The van der Waals surface area contributed by atoms with E-state index in [0.717, 1.165) is 12.8 Å². The Kier molecular flexibility index (Phi) is 5.67. The number of rotatable bonds is 4. The molecule has 1 N–H and O–H groups in total. The Morgan fingerprint density at radius 3 is 2.25 bits per heavy atom. The first-order valence-electron chi connectivity index (χ1n) is 9.45. The van der Waals surface area contributed by atoms with Gasteiger partial charge in [-0.15, -0.1) is 0 Å². The van der Waals surface area contributed by atoms with E-state index in [1.807, 2.05) is 20.8 Å². The highest BCUT2D eigenvalue weighted by Gasteiger charge is 2.30. The van der Waals surface area contributed by atoms with E-state index in [-0.39, 0.29) is 22.9 Å². The maximum Gasteiger partial charge on any atom is 0.410 e. The topological polar surface area (TPSA) is 96.0 Å². The van der Waals surface area contributed by atoms with Gasteiger partial charge in [0.1, 0.15) is 5.60 Å². The summed E-state index contributed by atoms with van der Waals surface area (Å²) >= 11 is 0. The zero-order chi connectivity index (χ0) is 20.5. The van der Waals surface area contributed by atoms with Gasteiger partial charge in [-0.3, -0.25) is 4.79 Å². The normalized spacial score (nSPS) is 18.1. The number of sulfonamides is 1. The van der Waals surface area contributed by atoms with Gasteiger partial charge in [0.2, 0.25) is 10.0 Å². The third-order valence-corrected chi connectivity index (χ3v) is 6.03. The van der Waals surface area contributed by atoms with Gasteiger partial charge in [-0.25, -0.2) is 17.9 Å². The minimum atomic E-state index is -3.61. The summed E-state index contributed by atoms with van der Waals surface area (Å²) in [4.78, 5) is 28.2. The monoisotopic (exact) mass is 409 g/mol.